The Kier molecular flexibility index (Phi) is 5.61. The van der Waals surface area contributed by atoms with Crippen molar-refractivity contribution in [1.82, 2.24) is 29.9 Å². The van der Waals surface area contributed by atoms with E-state index in [0.29, 0.717) is 35.8 Å². The average molecular weight is 470 g/mol. The SMILES string of the molecule is Cc1ccc(-n2nccn2)c(C(=O)N2C3CC(C3)[C@@H](C)C2CCc2cccc(C(F)(F)F)n2)n1. The highest BCUT2D eigenvalue weighted by atomic mass is 19.4. The molecule has 2 bridgehead atoms. The van der Waals surface area contributed by atoms with Crippen LogP contribution in [0.2, 0.25) is 0 Å². The molecule has 3 fully saturated rings. The molecule has 2 saturated heterocycles. The molecule has 178 valence electrons. The number of hydrogen-bond donors (Lipinski definition) is 0. The third kappa shape index (κ3) is 4.05. The first kappa shape index (κ1) is 22.5. The van der Waals surface area contributed by atoms with E-state index in [1.165, 1.54) is 10.9 Å². The van der Waals surface area contributed by atoms with Crippen LogP contribution in [0.15, 0.2) is 42.7 Å². The number of piperidine rings is 2. The molecule has 3 aliphatic rings. The van der Waals surface area contributed by atoms with Crippen LogP contribution in [-0.4, -0.2) is 47.9 Å². The van der Waals surface area contributed by atoms with Crippen molar-refractivity contribution < 1.29 is 18.0 Å². The summed E-state index contributed by atoms with van der Waals surface area (Å²) in [5, 5.41) is 8.33. The number of halogens is 3. The standard InChI is InChI=1S/C24H25F3N6O/c1-14-6-8-20(33-28-10-11-29-33)22(30-14)23(34)32-18-12-16(13-18)15(2)19(32)9-7-17-4-3-5-21(31-17)24(25,26)27/h3-6,8,10-11,15-16,18-19H,7,9,12-13H2,1-2H3/t15-,16?,18?,19?/m1/s1. The van der Waals surface area contributed by atoms with E-state index in [1.807, 2.05) is 17.9 Å². The zero-order chi connectivity index (χ0) is 24.0. The van der Waals surface area contributed by atoms with Crippen LogP contribution in [0.3, 0.4) is 0 Å². The summed E-state index contributed by atoms with van der Waals surface area (Å²) in [6.07, 6.45) is 1.37. The molecule has 1 saturated carbocycles. The molecule has 34 heavy (non-hydrogen) atoms. The van der Waals surface area contributed by atoms with Gasteiger partial charge in [0.15, 0.2) is 5.69 Å². The van der Waals surface area contributed by atoms with Crippen molar-refractivity contribution in [2.75, 3.05) is 0 Å². The van der Waals surface area contributed by atoms with Crippen LogP contribution in [0.1, 0.15) is 53.8 Å². The van der Waals surface area contributed by atoms with Gasteiger partial charge in [-0.05, 0) is 68.7 Å². The molecule has 10 heteroatoms. The molecule has 3 aromatic heterocycles. The Morgan fingerprint density at radius 1 is 1.09 bits per heavy atom. The van der Waals surface area contributed by atoms with Crippen molar-refractivity contribution in [2.24, 2.45) is 11.8 Å². The summed E-state index contributed by atoms with van der Waals surface area (Å²) in [5.41, 5.74) is 0.992. The van der Waals surface area contributed by atoms with Crippen molar-refractivity contribution in [3.8, 4) is 5.69 Å². The molecule has 0 spiro atoms. The van der Waals surface area contributed by atoms with Gasteiger partial charge in [0.05, 0.1) is 12.4 Å². The molecule has 5 heterocycles. The lowest BCUT2D eigenvalue weighted by atomic mass is 9.64. The minimum absolute atomic E-state index is 0.105. The molecule has 0 radical (unpaired) electrons. The number of carbonyl (C=O) groups is 1. The molecule has 2 aliphatic heterocycles. The number of hydrogen-bond acceptors (Lipinski definition) is 5. The summed E-state index contributed by atoms with van der Waals surface area (Å²) >= 11 is 0. The predicted octanol–water partition coefficient (Wildman–Crippen LogP) is 4.26. The third-order valence-electron chi connectivity index (χ3n) is 7.13. The van der Waals surface area contributed by atoms with Gasteiger partial charge in [-0.1, -0.05) is 13.0 Å². The fourth-order valence-electron chi connectivity index (χ4n) is 5.25. The highest BCUT2D eigenvalue weighted by Crippen LogP contribution is 2.48. The minimum atomic E-state index is -4.48. The van der Waals surface area contributed by atoms with Gasteiger partial charge in [0.25, 0.3) is 5.91 Å². The number of pyridine rings is 2. The van der Waals surface area contributed by atoms with E-state index in [-0.39, 0.29) is 29.6 Å². The van der Waals surface area contributed by atoms with Gasteiger partial charge < -0.3 is 4.90 Å². The van der Waals surface area contributed by atoms with Crippen molar-refractivity contribution in [3.63, 3.8) is 0 Å². The highest BCUT2D eigenvalue weighted by Gasteiger charge is 2.51. The van der Waals surface area contributed by atoms with E-state index >= 15 is 0 Å². The monoisotopic (exact) mass is 470 g/mol. The Hall–Kier alpha value is -3.30. The molecule has 1 amide bonds. The topological polar surface area (TPSA) is 76.8 Å². The zero-order valence-corrected chi connectivity index (χ0v) is 18.9. The molecule has 6 rings (SSSR count). The van der Waals surface area contributed by atoms with Crippen molar-refractivity contribution in [1.29, 1.82) is 0 Å². The van der Waals surface area contributed by atoms with Gasteiger partial charge >= 0.3 is 6.18 Å². The van der Waals surface area contributed by atoms with Crippen LogP contribution in [-0.2, 0) is 12.6 Å². The lowest BCUT2D eigenvalue weighted by Crippen LogP contribution is -2.63. The van der Waals surface area contributed by atoms with Gasteiger partial charge in [-0.25, -0.2) is 9.97 Å². The Balaban J connectivity index is 1.43. The predicted molar refractivity (Wildman–Crippen MR) is 117 cm³/mol. The van der Waals surface area contributed by atoms with E-state index in [2.05, 4.69) is 27.1 Å². The molecule has 7 nitrogen and oxygen atoms in total. The number of amides is 1. The van der Waals surface area contributed by atoms with Gasteiger partial charge in [0, 0.05) is 23.5 Å². The van der Waals surface area contributed by atoms with Crippen LogP contribution < -0.4 is 0 Å². The van der Waals surface area contributed by atoms with Gasteiger partial charge in [-0.2, -0.15) is 23.4 Å². The molecule has 0 aromatic carbocycles. The molecular formula is C24H25F3N6O. The first-order chi connectivity index (χ1) is 16.2. The van der Waals surface area contributed by atoms with E-state index in [0.717, 1.165) is 18.9 Å². The number of aryl methyl sites for hydroxylation is 2. The second-order valence-electron chi connectivity index (χ2n) is 9.21. The van der Waals surface area contributed by atoms with Gasteiger partial charge in [-0.15, -0.1) is 4.80 Å². The van der Waals surface area contributed by atoms with Crippen molar-refractivity contribution in [2.45, 2.75) is 57.8 Å². The number of fused-ring (bicyclic) bond motifs is 2. The lowest BCUT2D eigenvalue weighted by Gasteiger charge is -2.57. The van der Waals surface area contributed by atoms with Gasteiger partial charge in [-0.3, -0.25) is 4.79 Å². The van der Waals surface area contributed by atoms with E-state index in [9.17, 15) is 18.0 Å². The maximum Gasteiger partial charge on any atom is 0.433 e. The van der Waals surface area contributed by atoms with Gasteiger partial charge in [0.1, 0.15) is 11.4 Å². The molecule has 1 aliphatic carbocycles. The van der Waals surface area contributed by atoms with Crippen molar-refractivity contribution >= 4 is 5.91 Å². The first-order valence-corrected chi connectivity index (χ1v) is 11.4. The minimum Gasteiger partial charge on any atom is -0.331 e. The highest BCUT2D eigenvalue weighted by molar-refractivity contribution is 5.96. The maximum absolute atomic E-state index is 13.9. The summed E-state index contributed by atoms with van der Waals surface area (Å²) < 4.78 is 39.3. The normalized spacial score (nSPS) is 24.1. The second kappa shape index (κ2) is 8.48. The largest absolute Gasteiger partial charge is 0.433 e. The smallest absolute Gasteiger partial charge is 0.331 e. The third-order valence-corrected chi connectivity index (χ3v) is 7.13. The molecular weight excluding hydrogens is 445 g/mol. The van der Waals surface area contributed by atoms with E-state index in [1.54, 1.807) is 24.5 Å². The number of nitrogens with zero attached hydrogens (tertiary/aromatic N) is 6. The fourth-order valence-corrected chi connectivity index (χ4v) is 5.25. The second-order valence-corrected chi connectivity index (χ2v) is 9.21. The molecule has 1 unspecified atom stereocenters. The maximum atomic E-state index is 13.9. The lowest BCUT2D eigenvalue weighted by molar-refractivity contribution is -0.141. The number of alkyl halides is 3. The fraction of sp³-hybridized carbons (Fsp3) is 0.458. The van der Waals surface area contributed by atoms with E-state index < -0.39 is 11.9 Å². The summed E-state index contributed by atoms with van der Waals surface area (Å²) in [4.78, 5) is 25.5. The summed E-state index contributed by atoms with van der Waals surface area (Å²) in [6, 6.07) is 7.57. The Morgan fingerprint density at radius 3 is 2.53 bits per heavy atom. The number of rotatable bonds is 5. The van der Waals surface area contributed by atoms with Gasteiger partial charge in [0.2, 0.25) is 0 Å². The zero-order valence-electron chi connectivity index (χ0n) is 18.9. The summed E-state index contributed by atoms with van der Waals surface area (Å²) in [6.45, 7) is 3.95. The van der Waals surface area contributed by atoms with Crippen LogP contribution in [0.25, 0.3) is 5.69 Å². The Labute approximate surface area is 195 Å². The summed E-state index contributed by atoms with van der Waals surface area (Å²) in [7, 11) is 0. The quantitative estimate of drug-likeness (QED) is 0.557. The summed E-state index contributed by atoms with van der Waals surface area (Å²) in [5.74, 6) is 0.565. The number of carbonyl (C=O) groups excluding carboxylic acids is 1. The Bertz CT molecular complexity index is 1190. The van der Waals surface area contributed by atoms with Crippen LogP contribution in [0, 0.1) is 18.8 Å². The number of aromatic nitrogens is 5. The molecule has 0 N–H and O–H groups in total. The first-order valence-electron chi connectivity index (χ1n) is 11.4. The average Bonchev–Trinajstić information content (AvgIpc) is 3.31. The van der Waals surface area contributed by atoms with Crippen molar-refractivity contribution in [3.05, 3.63) is 65.5 Å². The Morgan fingerprint density at radius 2 is 1.82 bits per heavy atom. The van der Waals surface area contributed by atoms with E-state index in [4.69, 9.17) is 0 Å². The molecule has 3 aromatic rings. The van der Waals surface area contributed by atoms with Crippen LogP contribution in [0.5, 0.6) is 0 Å². The van der Waals surface area contributed by atoms with Crippen LogP contribution >= 0.6 is 0 Å². The van der Waals surface area contributed by atoms with Crippen LogP contribution in [0.4, 0.5) is 13.2 Å². The molecule has 2 atom stereocenters.